The lowest BCUT2D eigenvalue weighted by Crippen LogP contribution is -1.88. The van der Waals surface area contributed by atoms with Crippen molar-refractivity contribution in [2.24, 2.45) is 0 Å². The first-order chi connectivity index (χ1) is 7.11. The molecule has 5 heteroatoms. The van der Waals surface area contributed by atoms with Gasteiger partial charge >= 0.3 is 0 Å². The summed E-state index contributed by atoms with van der Waals surface area (Å²) in [5.41, 5.74) is 6.25. The Morgan fingerprint density at radius 3 is 2.60 bits per heavy atom. The van der Waals surface area contributed by atoms with Gasteiger partial charge in [-0.05, 0) is 29.7 Å². The van der Waals surface area contributed by atoms with Crippen LogP contribution in [0.1, 0.15) is 0 Å². The van der Waals surface area contributed by atoms with Crippen LogP contribution in [0.3, 0.4) is 0 Å². The van der Waals surface area contributed by atoms with Crippen LogP contribution in [0, 0.1) is 0 Å². The zero-order chi connectivity index (χ0) is 11.0. The van der Waals surface area contributed by atoms with Gasteiger partial charge in [0.05, 0.1) is 0 Å². The van der Waals surface area contributed by atoms with E-state index in [-0.39, 0.29) is 5.75 Å². The molecule has 0 aliphatic heterocycles. The quantitative estimate of drug-likeness (QED) is 0.351. The maximum absolute atomic E-state index is 9.73. The second-order valence-corrected chi connectivity index (χ2v) is 4.34. The summed E-state index contributed by atoms with van der Waals surface area (Å²) in [6.45, 7) is 0. The summed E-state index contributed by atoms with van der Waals surface area (Å²) in [6, 6.07) is 6.68. The van der Waals surface area contributed by atoms with E-state index in [1.54, 1.807) is 18.2 Å². The second kappa shape index (κ2) is 3.84. The van der Waals surface area contributed by atoms with E-state index in [0.29, 0.717) is 28.0 Å². The lowest BCUT2D eigenvalue weighted by atomic mass is 10.1. The first-order valence-corrected chi connectivity index (χ1v) is 5.40. The smallest absolute Gasteiger partial charge is 0.126 e. The molecule has 0 fully saturated rings. The Hall–Kier alpha value is -1.04. The van der Waals surface area contributed by atoms with Crippen LogP contribution >= 0.6 is 24.7 Å². The maximum Gasteiger partial charge on any atom is 0.126 e. The molecule has 0 unspecified atom stereocenters. The van der Waals surface area contributed by atoms with E-state index in [1.807, 2.05) is 0 Å². The molecule has 2 aromatic carbocycles. The molecule has 0 amide bonds. The fraction of sp³-hybridized carbons (Fsp3) is 0. The van der Waals surface area contributed by atoms with E-state index >= 15 is 0 Å². The number of hydrogen-bond acceptors (Lipinski definition) is 5. The van der Waals surface area contributed by atoms with Gasteiger partial charge in [0.2, 0.25) is 0 Å². The molecular weight excluding hydrogens is 230 g/mol. The fourth-order valence-electron chi connectivity index (χ4n) is 1.54. The molecule has 0 aromatic heterocycles. The van der Waals surface area contributed by atoms with E-state index in [0.717, 1.165) is 10.3 Å². The van der Waals surface area contributed by atoms with E-state index in [1.165, 1.54) is 6.07 Å². The number of fused-ring (bicyclic) bond motifs is 1. The third-order valence-electron chi connectivity index (χ3n) is 2.12. The summed E-state index contributed by atoms with van der Waals surface area (Å²) >= 11 is 4.78. The lowest BCUT2D eigenvalue weighted by Gasteiger charge is -2.07. The van der Waals surface area contributed by atoms with Crippen molar-refractivity contribution < 1.29 is 9.66 Å². The van der Waals surface area contributed by atoms with Crippen molar-refractivity contribution >= 4 is 41.1 Å². The number of hydrogen-bond donors (Lipinski definition) is 4. The van der Waals surface area contributed by atoms with Crippen LogP contribution in [-0.2, 0) is 0 Å². The minimum absolute atomic E-state index is 0.0647. The van der Waals surface area contributed by atoms with Crippen LogP contribution < -0.4 is 5.73 Å². The standard InChI is InChI=1S/C10H9NO2S2/c11-8-3-6(14)1-5-2-7(15-13)4-9(12)10(5)8/h1-4,12-14H,11H2. The summed E-state index contributed by atoms with van der Waals surface area (Å²) in [6.07, 6.45) is 0. The Morgan fingerprint density at radius 2 is 1.93 bits per heavy atom. The van der Waals surface area contributed by atoms with Crippen molar-refractivity contribution in [1.82, 2.24) is 0 Å². The number of anilines is 1. The van der Waals surface area contributed by atoms with Crippen LogP contribution in [0.5, 0.6) is 5.75 Å². The Balaban J connectivity index is 2.85. The van der Waals surface area contributed by atoms with Crippen molar-refractivity contribution in [1.29, 1.82) is 0 Å². The number of aromatic hydroxyl groups is 1. The predicted octanol–water partition coefficient (Wildman–Crippen LogP) is 2.98. The first kappa shape index (κ1) is 10.5. The lowest BCUT2D eigenvalue weighted by molar-refractivity contribution is 0.480. The number of nitrogen functional groups attached to an aromatic ring is 1. The summed E-state index contributed by atoms with van der Waals surface area (Å²) < 4.78 is 8.92. The Morgan fingerprint density at radius 1 is 1.20 bits per heavy atom. The molecule has 0 saturated heterocycles. The van der Waals surface area contributed by atoms with Crippen molar-refractivity contribution in [2.45, 2.75) is 9.79 Å². The molecule has 0 radical (unpaired) electrons. The van der Waals surface area contributed by atoms with E-state index in [4.69, 9.17) is 10.3 Å². The third-order valence-corrected chi connectivity index (χ3v) is 2.83. The zero-order valence-corrected chi connectivity index (χ0v) is 9.35. The van der Waals surface area contributed by atoms with Crippen LogP contribution in [0.15, 0.2) is 34.1 Å². The SMILES string of the molecule is Nc1cc(S)cc2cc(SO)cc(O)c12. The molecule has 0 spiro atoms. The van der Waals surface area contributed by atoms with Gasteiger partial charge in [-0.2, -0.15) is 0 Å². The number of nitrogens with two attached hydrogens (primary N) is 1. The summed E-state index contributed by atoms with van der Waals surface area (Å²) in [5.74, 6) is 0.0647. The molecule has 4 N–H and O–H groups in total. The van der Waals surface area contributed by atoms with Gasteiger partial charge in [0.25, 0.3) is 0 Å². The molecule has 78 valence electrons. The van der Waals surface area contributed by atoms with Crippen LogP contribution in [0.2, 0.25) is 0 Å². The average molecular weight is 239 g/mol. The van der Waals surface area contributed by atoms with Crippen molar-refractivity contribution in [3.05, 3.63) is 24.3 Å². The Labute approximate surface area is 96.5 Å². The second-order valence-electron chi connectivity index (χ2n) is 3.17. The van der Waals surface area contributed by atoms with Gasteiger partial charge in [-0.15, -0.1) is 12.6 Å². The average Bonchev–Trinajstić information content (AvgIpc) is 2.15. The van der Waals surface area contributed by atoms with Crippen molar-refractivity contribution in [2.75, 3.05) is 5.73 Å². The van der Waals surface area contributed by atoms with Crippen molar-refractivity contribution in [3.63, 3.8) is 0 Å². The molecule has 15 heavy (non-hydrogen) atoms. The molecule has 0 aliphatic rings. The van der Waals surface area contributed by atoms with E-state index in [2.05, 4.69) is 12.6 Å². The molecule has 0 bridgehead atoms. The third kappa shape index (κ3) is 1.86. The van der Waals surface area contributed by atoms with Gasteiger partial charge in [-0.3, -0.25) is 0 Å². The van der Waals surface area contributed by atoms with E-state index in [9.17, 15) is 5.11 Å². The normalized spacial score (nSPS) is 10.8. The summed E-state index contributed by atoms with van der Waals surface area (Å²) in [7, 11) is 0. The van der Waals surface area contributed by atoms with Gasteiger partial charge in [0.15, 0.2) is 0 Å². The van der Waals surface area contributed by atoms with Crippen LogP contribution in [0.4, 0.5) is 5.69 Å². The topological polar surface area (TPSA) is 66.5 Å². The van der Waals surface area contributed by atoms with Gasteiger partial charge in [-0.1, -0.05) is 0 Å². The van der Waals surface area contributed by atoms with Gasteiger partial charge < -0.3 is 15.4 Å². The summed E-state index contributed by atoms with van der Waals surface area (Å²) in [5, 5.41) is 11.1. The Bertz CT molecular complexity index is 528. The Kier molecular flexibility index (Phi) is 2.68. The fourth-order valence-corrected chi connectivity index (χ4v) is 2.16. The largest absolute Gasteiger partial charge is 0.507 e. The number of phenolic OH excluding ortho intramolecular Hbond substituents is 1. The van der Waals surface area contributed by atoms with Crippen LogP contribution in [-0.4, -0.2) is 9.66 Å². The maximum atomic E-state index is 9.73. The highest BCUT2D eigenvalue weighted by molar-refractivity contribution is 7.93. The molecule has 2 aromatic rings. The number of phenols is 1. The zero-order valence-electron chi connectivity index (χ0n) is 7.64. The minimum atomic E-state index is 0.0647. The van der Waals surface area contributed by atoms with Gasteiger partial charge in [0, 0.05) is 32.9 Å². The van der Waals surface area contributed by atoms with Gasteiger partial charge in [0.1, 0.15) is 5.75 Å². The molecule has 0 aliphatic carbocycles. The van der Waals surface area contributed by atoms with Crippen molar-refractivity contribution in [3.8, 4) is 5.75 Å². The molecule has 2 rings (SSSR count). The molecule has 0 heterocycles. The first-order valence-electron chi connectivity index (χ1n) is 4.18. The number of benzene rings is 2. The number of rotatable bonds is 1. The van der Waals surface area contributed by atoms with Crippen LogP contribution in [0.25, 0.3) is 10.8 Å². The highest BCUT2D eigenvalue weighted by Crippen LogP contribution is 2.35. The highest BCUT2D eigenvalue weighted by atomic mass is 32.2. The van der Waals surface area contributed by atoms with Gasteiger partial charge in [-0.25, -0.2) is 0 Å². The summed E-state index contributed by atoms with van der Waals surface area (Å²) in [4.78, 5) is 1.29. The molecular formula is C10H9NO2S2. The minimum Gasteiger partial charge on any atom is -0.507 e. The number of thiol groups is 1. The predicted molar refractivity (Wildman–Crippen MR) is 65.8 cm³/mol. The molecule has 3 nitrogen and oxygen atoms in total. The molecule has 0 saturated carbocycles. The molecule has 0 atom stereocenters. The van der Waals surface area contributed by atoms with E-state index < -0.39 is 0 Å². The highest BCUT2D eigenvalue weighted by Gasteiger charge is 2.07. The monoisotopic (exact) mass is 239 g/mol.